The van der Waals surface area contributed by atoms with Crippen molar-refractivity contribution in [2.24, 2.45) is 4.99 Å². The molecule has 0 amide bonds. The van der Waals surface area contributed by atoms with E-state index in [-0.39, 0.29) is 0 Å². The van der Waals surface area contributed by atoms with E-state index < -0.39 is 0 Å². The van der Waals surface area contributed by atoms with E-state index in [2.05, 4.69) is 30.8 Å². The van der Waals surface area contributed by atoms with Crippen LogP contribution in [0.2, 0.25) is 0 Å². The number of benzene rings is 1. The summed E-state index contributed by atoms with van der Waals surface area (Å²) in [5, 5.41) is 14.6. The Balaban J connectivity index is 1.51. The highest BCUT2D eigenvalue weighted by molar-refractivity contribution is 8.00. The van der Waals surface area contributed by atoms with Crippen molar-refractivity contribution in [2.75, 3.05) is 26.5 Å². The number of H-pyrrole nitrogens is 1. The molecule has 134 valence electrons. The summed E-state index contributed by atoms with van der Waals surface area (Å²) in [5.41, 5.74) is 0.948. The van der Waals surface area contributed by atoms with Crippen LogP contribution < -0.4 is 15.4 Å². The molecule has 2 heterocycles. The third-order valence-corrected chi connectivity index (χ3v) is 5.45. The second kappa shape index (κ2) is 8.75. The van der Waals surface area contributed by atoms with Crippen LogP contribution in [0.5, 0.6) is 5.75 Å². The van der Waals surface area contributed by atoms with Gasteiger partial charge in [-0.2, -0.15) is 16.9 Å². The second-order valence-electron chi connectivity index (χ2n) is 5.78. The van der Waals surface area contributed by atoms with E-state index >= 15 is 0 Å². The van der Waals surface area contributed by atoms with Crippen LogP contribution in [0.3, 0.4) is 0 Å². The van der Waals surface area contributed by atoms with Crippen molar-refractivity contribution in [2.45, 2.75) is 24.6 Å². The van der Waals surface area contributed by atoms with Gasteiger partial charge in [0.1, 0.15) is 11.6 Å². The fourth-order valence-electron chi connectivity index (χ4n) is 2.65. The molecule has 8 heteroatoms. The van der Waals surface area contributed by atoms with Crippen LogP contribution >= 0.6 is 11.8 Å². The lowest BCUT2D eigenvalue weighted by Gasteiger charge is -2.13. The molecule has 25 heavy (non-hydrogen) atoms. The molecule has 1 fully saturated rings. The van der Waals surface area contributed by atoms with Gasteiger partial charge >= 0.3 is 0 Å². The van der Waals surface area contributed by atoms with Gasteiger partial charge in [-0.25, -0.2) is 4.98 Å². The van der Waals surface area contributed by atoms with Gasteiger partial charge in [-0.1, -0.05) is 0 Å². The maximum Gasteiger partial charge on any atom is 0.191 e. The molecule has 0 spiro atoms. The van der Waals surface area contributed by atoms with Crippen LogP contribution in [0, 0.1) is 0 Å². The molecule has 1 aliphatic rings. The number of methoxy groups -OCH3 is 1. The summed E-state index contributed by atoms with van der Waals surface area (Å²) in [6.45, 7) is 1.48. The maximum absolute atomic E-state index is 5.17. The number of nitrogens with one attached hydrogen (secondary N) is 3. The summed E-state index contributed by atoms with van der Waals surface area (Å²) in [6, 6.07) is 7.69. The molecule has 0 radical (unpaired) electrons. The van der Waals surface area contributed by atoms with Crippen LogP contribution in [0.1, 0.15) is 18.7 Å². The normalized spacial score (nSPS) is 17.5. The van der Waals surface area contributed by atoms with Crippen molar-refractivity contribution in [3.8, 4) is 17.1 Å². The SMILES string of the molecule is CN=C(NCc1nc(-c2ccc(OC)cc2)n[nH]1)NCC1CCCS1. The van der Waals surface area contributed by atoms with Crippen molar-refractivity contribution in [1.29, 1.82) is 0 Å². The zero-order chi connectivity index (χ0) is 17.5. The number of hydrogen-bond donors (Lipinski definition) is 3. The second-order valence-corrected chi connectivity index (χ2v) is 7.18. The van der Waals surface area contributed by atoms with Gasteiger partial charge in [0.15, 0.2) is 11.8 Å². The Bertz CT molecular complexity index is 693. The van der Waals surface area contributed by atoms with Crippen molar-refractivity contribution in [3.05, 3.63) is 30.1 Å². The molecule has 2 aromatic rings. The summed E-state index contributed by atoms with van der Waals surface area (Å²) < 4.78 is 5.17. The molecule has 1 aromatic carbocycles. The summed E-state index contributed by atoms with van der Waals surface area (Å²) >= 11 is 2.03. The highest BCUT2D eigenvalue weighted by Crippen LogP contribution is 2.25. The molecule has 1 aromatic heterocycles. The van der Waals surface area contributed by atoms with Crippen LogP contribution in [0.25, 0.3) is 11.4 Å². The Kier molecular flexibility index (Phi) is 6.16. The Morgan fingerprint density at radius 1 is 1.36 bits per heavy atom. The molecular weight excluding hydrogens is 336 g/mol. The average Bonchev–Trinajstić information content (AvgIpc) is 3.34. The first-order valence-electron chi connectivity index (χ1n) is 8.40. The molecule has 7 nitrogen and oxygen atoms in total. The standard InChI is InChI=1S/C17H24N6OS/c1-18-17(19-10-14-4-3-9-25-14)20-11-15-21-16(23-22-15)12-5-7-13(24-2)8-6-12/h5-8,14H,3-4,9-11H2,1-2H3,(H2,18,19,20)(H,21,22,23). The number of aromatic nitrogens is 3. The van der Waals surface area contributed by atoms with Gasteiger partial charge in [-0.05, 0) is 42.9 Å². The van der Waals surface area contributed by atoms with Gasteiger partial charge in [0.2, 0.25) is 0 Å². The molecular formula is C17H24N6OS. The molecule has 1 aliphatic heterocycles. The Morgan fingerprint density at radius 3 is 2.88 bits per heavy atom. The zero-order valence-corrected chi connectivity index (χ0v) is 15.4. The molecule has 1 atom stereocenters. The number of rotatable bonds is 6. The molecule has 1 unspecified atom stereocenters. The van der Waals surface area contributed by atoms with Crippen molar-refractivity contribution in [1.82, 2.24) is 25.8 Å². The number of guanidine groups is 1. The monoisotopic (exact) mass is 360 g/mol. The third kappa shape index (κ3) is 4.88. The predicted molar refractivity (Wildman–Crippen MR) is 102 cm³/mol. The van der Waals surface area contributed by atoms with E-state index in [4.69, 9.17) is 4.74 Å². The molecule has 0 bridgehead atoms. The minimum absolute atomic E-state index is 0.542. The van der Waals surface area contributed by atoms with Gasteiger partial charge < -0.3 is 15.4 Å². The van der Waals surface area contributed by atoms with E-state index in [1.54, 1.807) is 14.2 Å². The predicted octanol–water partition coefficient (Wildman–Crippen LogP) is 2.04. The first-order valence-corrected chi connectivity index (χ1v) is 9.45. The smallest absolute Gasteiger partial charge is 0.191 e. The Morgan fingerprint density at radius 2 is 2.20 bits per heavy atom. The van der Waals surface area contributed by atoms with E-state index in [0.717, 1.165) is 29.6 Å². The van der Waals surface area contributed by atoms with Crippen LogP contribution in [-0.2, 0) is 6.54 Å². The Hall–Kier alpha value is -2.22. The molecule has 0 aliphatic carbocycles. The quantitative estimate of drug-likeness (QED) is 0.540. The van der Waals surface area contributed by atoms with E-state index in [9.17, 15) is 0 Å². The lowest BCUT2D eigenvalue weighted by Crippen LogP contribution is -2.39. The number of ether oxygens (including phenoxy) is 1. The van der Waals surface area contributed by atoms with E-state index in [1.807, 2.05) is 36.0 Å². The molecule has 1 saturated heterocycles. The lowest BCUT2D eigenvalue weighted by molar-refractivity contribution is 0.415. The number of thioether (sulfide) groups is 1. The third-order valence-electron chi connectivity index (χ3n) is 4.05. The molecule has 3 rings (SSSR count). The molecule has 0 saturated carbocycles. The summed E-state index contributed by atoms with van der Waals surface area (Å²) in [6.07, 6.45) is 2.59. The fourth-order valence-corrected chi connectivity index (χ4v) is 3.85. The number of aromatic amines is 1. The largest absolute Gasteiger partial charge is 0.497 e. The fraction of sp³-hybridized carbons (Fsp3) is 0.471. The van der Waals surface area contributed by atoms with Gasteiger partial charge in [-0.3, -0.25) is 10.1 Å². The summed E-state index contributed by atoms with van der Waals surface area (Å²) in [4.78, 5) is 8.78. The van der Waals surface area contributed by atoms with Crippen molar-refractivity contribution < 1.29 is 4.74 Å². The topological polar surface area (TPSA) is 87.2 Å². The lowest BCUT2D eigenvalue weighted by atomic mass is 10.2. The first-order chi connectivity index (χ1) is 12.3. The van der Waals surface area contributed by atoms with Crippen molar-refractivity contribution >= 4 is 17.7 Å². The first kappa shape index (κ1) is 17.6. The van der Waals surface area contributed by atoms with Gasteiger partial charge in [0.25, 0.3) is 0 Å². The van der Waals surface area contributed by atoms with E-state index in [0.29, 0.717) is 17.6 Å². The van der Waals surface area contributed by atoms with Crippen LogP contribution in [0.15, 0.2) is 29.3 Å². The highest BCUT2D eigenvalue weighted by Gasteiger charge is 2.15. The molecule has 3 N–H and O–H groups in total. The van der Waals surface area contributed by atoms with Gasteiger partial charge in [0, 0.05) is 24.4 Å². The van der Waals surface area contributed by atoms with Crippen molar-refractivity contribution in [3.63, 3.8) is 0 Å². The Labute approximate surface area is 152 Å². The van der Waals surface area contributed by atoms with Crippen LogP contribution in [0.4, 0.5) is 0 Å². The van der Waals surface area contributed by atoms with Gasteiger partial charge in [-0.15, -0.1) is 0 Å². The zero-order valence-electron chi connectivity index (χ0n) is 14.6. The summed E-state index contributed by atoms with van der Waals surface area (Å²) in [5.74, 6) is 4.31. The van der Waals surface area contributed by atoms with E-state index in [1.165, 1.54) is 18.6 Å². The van der Waals surface area contributed by atoms with Crippen LogP contribution in [-0.4, -0.2) is 52.8 Å². The maximum atomic E-state index is 5.17. The van der Waals surface area contributed by atoms with Gasteiger partial charge in [0.05, 0.1) is 13.7 Å². The highest BCUT2D eigenvalue weighted by atomic mass is 32.2. The summed E-state index contributed by atoms with van der Waals surface area (Å²) in [7, 11) is 3.43. The number of hydrogen-bond acceptors (Lipinski definition) is 5. The number of nitrogens with zero attached hydrogens (tertiary/aromatic N) is 3. The minimum atomic E-state index is 0.542. The minimum Gasteiger partial charge on any atom is -0.497 e. The average molecular weight is 360 g/mol. The number of aliphatic imine (C=N–C) groups is 1.